The third kappa shape index (κ3) is 4.25. The standard InChI is InChI=1S/C27H24FN7O/c1-16-26(34-17(2)33-16)19-6-4-18(5-7-19)23-13-25(32-15-31-23)30-10-11-35-20(14-29)12-21-24(36-3)9-8-22(28)27(21)35/h4-9,12-13,15H,10-11H2,1-3H3,(H,33,34)(H,30,31,32). The van der Waals surface area contributed by atoms with Crippen LogP contribution < -0.4 is 10.1 Å². The van der Waals surface area contributed by atoms with Gasteiger partial charge in [0.05, 0.1) is 24.0 Å². The van der Waals surface area contributed by atoms with Crippen molar-refractivity contribution in [1.82, 2.24) is 24.5 Å². The van der Waals surface area contributed by atoms with Gasteiger partial charge in [-0.05, 0) is 32.0 Å². The number of methoxy groups -OCH3 is 1. The molecule has 0 saturated carbocycles. The lowest BCUT2D eigenvalue weighted by molar-refractivity contribution is 0.419. The highest BCUT2D eigenvalue weighted by Crippen LogP contribution is 2.31. The minimum absolute atomic E-state index is 0.346. The van der Waals surface area contributed by atoms with E-state index >= 15 is 0 Å². The quantitative estimate of drug-likeness (QED) is 0.330. The summed E-state index contributed by atoms with van der Waals surface area (Å²) in [6.45, 7) is 4.75. The number of hydrogen-bond donors (Lipinski definition) is 2. The summed E-state index contributed by atoms with van der Waals surface area (Å²) < 4.78 is 21.6. The molecule has 3 heterocycles. The van der Waals surface area contributed by atoms with Gasteiger partial charge >= 0.3 is 0 Å². The first-order valence-electron chi connectivity index (χ1n) is 11.4. The van der Waals surface area contributed by atoms with Gasteiger partial charge in [-0.25, -0.2) is 19.3 Å². The number of hydrogen-bond acceptors (Lipinski definition) is 6. The molecule has 36 heavy (non-hydrogen) atoms. The molecule has 3 aromatic heterocycles. The highest BCUT2D eigenvalue weighted by molar-refractivity contribution is 5.88. The van der Waals surface area contributed by atoms with Crippen LogP contribution in [0.15, 0.2) is 54.9 Å². The Bertz CT molecular complexity index is 1600. The second-order valence-corrected chi connectivity index (χ2v) is 8.39. The maximum absolute atomic E-state index is 14.6. The molecule has 0 amide bonds. The zero-order valence-electron chi connectivity index (χ0n) is 20.1. The van der Waals surface area contributed by atoms with E-state index in [1.807, 2.05) is 44.2 Å². The lowest BCUT2D eigenvalue weighted by Gasteiger charge is -2.11. The number of rotatable bonds is 7. The van der Waals surface area contributed by atoms with Crippen molar-refractivity contribution < 1.29 is 9.13 Å². The van der Waals surface area contributed by atoms with Gasteiger partial charge in [-0.15, -0.1) is 0 Å². The van der Waals surface area contributed by atoms with Gasteiger partial charge in [0.2, 0.25) is 0 Å². The lowest BCUT2D eigenvalue weighted by Crippen LogP contribution is -2.13. The average molecular weight is 482 g/mol. The zero-order valence-corrected chi connectivity index (χ0v) is 20.1. The van der Waals surface area contributed by atoms with Crippen molar-refractivity contribution in [1.29, 1.82) is 5.26 Å². The van der Waals surface area contributed by atoms with Crippen LogP contribution in [0.1, 0.15) is 17.2 Å². The fraction of sp³-hybridized carbons (Fsp3) is 0.185. The van der Waals surface area contributed by atoms with E-state index in [1.54, 1.807) is 16.7 Å². The minimum Gasteiger partial charge on any atom is -0.496 e. The minimum atomic E-state index is -0.403. The molecule has 0 aliphatic heterocycles. The number of aromatic amines is 1. The van der Waals surface area contributed by atoms with Crippen molar-refractivity contribution in [2.75, 3.05) is 19.0 Å². The van der Waals surface area contributed by atoms with Crippen molar-refractivity contribution in [2.45, 2.75) is 20.4 Å². The molecule has 180 valence electrons. The summed E-state index contributed by atoms with van der Waals surface area (Å²) in [5.74, 6) is 1.64. The maximum atomic E-state index is 14.6. The summed E-state index contributed by atoms with van der Waals surface area (Å²) in [6.07, 6.45) is 1.50. The van der Waals surface area contributed by atoms with Gasteiger partial charge in [0.1, 0.15) is 41.3 Å². The van der Waals surface area contributed by atoms with Crippen molar-refractivity contribution in [2.24, 2.45) is 0 Å². The molecule has 0 spiro atoms. The van der Waals surface area contributed by atoms with Gasteiger partial charge in [0, 0.05) is 41.4 Å². The molecule has 0 unspecified atom stereocenters. The monoisotopic (exact) mass is 481 g/mol. The third-order valence-corrected chi connectivity index (χ3v) is 6.07. The zero-order chi connectivity index (χ0) is 25.2. The van der Waals surface area contributed by atoms with E-state index in [2.05, 4.69) is 31.3 Å². The fourth-order valence-electron chi connectivity index (χ4n) is 4.41. The molecule has 5 rings (SSSR count). The van der Waals surface area contributed by atoms with Crippen LogP contribution in [-0.4, -0.2) is 38.2 Å². The maximum Gasteiger partial charge on any atom is 0.147 e. The number of halogens is 1. The molecule has 0 bridgehead atoms. The van der Waals surface area contributed by atoms with Gasteiger partial charge in [-0.3, -0.25) is 0 Å². The largest absolute Gasteiger partial charge is 0.496 e. The average Bonchev–Trinajstić information content (AvgIpc) is 3.44. The molecule has 0 atom stereocenters. The van der Waals surface area contributed by atoms with Crippen molar-refractivity contribution in [3.63, 3.8) is 0 Å². The van der Waals surface area contributed by atoms with Gasteiger partial charge in [0.15, 0.2) is 0 Å². The van der Waals surface area contributed by atoms with E-state index in [4.69, 9.17) is 4.74 Å². The van der Waals surface area contributed by atoms with E-state index in [1.165, 1.54) is 19.5 Å². The normalized spacial score (nSPS) is 11.0. The van der Waals surface area contributed by atoms with E-state index in [9.17, 15) is 9.65 Å². The predicted octanol–water partition coefficient (Wildman–Crippen LogP) is 5.24. The number of nitrogens with one attached hydrogen (secondary N) is 2. The van der Waals surface area contributed by atoms with Crippen LogP contribution in [0.2, 0.25) is 0 Å². The first kappa shape index (κ1) is 23.1. The number of aryl methyl sites for hydroxylation is 2. The van der Waals surface area contributed by atoms with Crippen LogP contribution in [0.4, 0.5) is 10.2 Å². The summed E-state index contributed by atoms with van der Waals surface area (Å²) >= 11 is 0. The van der Waals surface area contributed by atoms with E-state index in [0.717, 1.165) is 34.0 Å². The third-order valence-electron chi connectivity index (χ3n) is 6.07. The van der Waals surface area contributed by atoms with Crippen molar-refractivity contribution in [3.8, 4) is 34.3 Å². The first-order chi connectivity index (χ1) is 17.5. The number of ether oxygens (including phenoxy) is 1. The number of aromatic nitrogens is 5. The molecule has 8 nitrogen and oxygen atoms in total. The van der Waals surface area contributed by atoms with Gasteiger partial charge in [0.25, 0.3) is 0 Å². The van der Waals surface area contributed by atoms with E-state index in [0.29, 0.717) is 41.3 Å². The Morgan fingerprint density at radius 3 is 2.56 bits per heavy atom. The van der Waals surface area contributed by atoms with Gasteiger partial charge < -0.3 is 19.6 Å². The number of H-pyrrole nitrogens is 1. The van der Waals surface area contributed by atoms with Gasteiger partial charge in [-0.1, -0.05) is 24.3 Å². The van der Waals surface area contributed by atoms with Gasteiger partial charge in [-0.2, -0.15) is 5.26 Å². The molecular formula is C27H24FN7O. The first-order valence-corrected chi connectivity index (χ1v) is 11.4. The summed E-state index contributed by atoms with van der Waals surface area (Å²) in [6, 6.07) is 16.6. The molecule has 0 radical (unpaired) electrons. The summed E-state index contributed by atoms with van der Waals surface area (Å²) in [4.78, 5) is 16.5. The number of imidazole rings is 1. The smallest absolute Gasteiger partial charge is 0.147 e. The Balaban J connectivity index is 1.33. The Morgan fingerprint density at radius 1 is 1.08 bits per heavy atom. The van der Waals surface area contributed by atoms with Crippen molar-refractivity contribution >= 4 is 16.7 Å². The van der Waals surface area contributed by atoms with Crippen LogP contribution >= 0.6 is 0 Å². The molecule has 0 saturated heterocycles. The molecule has 0 aliphatic rings. The Kier molecular flexibility index (Phi) is 6.09. The predicted molar refractivity (Wildman–Crippen MR) is 136 cm³/mol. The van der Waals surface area contributed by atoms with Crippen LogP contribution in [0.25, 0.3) is 33.4 Å². The number of nitrogens with zero attached hydrogens (tertiary/aromatic N) is 5. The number of benzene rings is 2. The van der Waals surface area contributed by atoms with E-state index < -0.39 is 5.82 Å². The number of fused-ring (bicyclic) bond motifs is 1. The molecule has 2 aromatic carbocycles. The Labute approximate surface area is 207 Å². The molecule has 9 heteroatoms. The molecule has 5 aromatic rings. The molecule has 2 N–H and O–H groups in total. The van der Waals surface area contributed by atoms with E-state index in [-0.39, 0.29) is 0 Å². The number of anilines is 1. The molecule has 0 aliphatic carbocycles. The summed E-state index contributed by atoms with van der Waals surface area (Å²) in [7, 11) is 1.52. The summed E-state index contributed by atoms with van der Waals surface area (Å²) in [5, 5.41) is 13.4. The van der Waals surface area contributed by atoms with Crippen LogP contribution in [0, 0.1) is 31.0 Å². The molecule has 0 fully saturated rings. The second-order valence-electron chi connectivity index (χ2n) is 8.39. The second kappa shape index (κ2) is 9.50. The van der Waals surface area contributed by atoms with Crippen LogP contribution in [0.5, 0.6) is 5.75 Å². The Morgan fingerprint density at radius 2 is 1.86 bits per heavy atom. The highest BCUT2D eigenvalue weighted by Gasteiger charge is 2.16. The topological polar surface area (TPSA) is 104 Å². The highest BCUT2D eigenvalue weighted by atomic mass is 19.1. The summed E-state index contributed by atoms with van der Waals surface area (Å²) in [5.41, 5.74) is 5.43. The lowest BCUT2D eigenvalue weighted by atomic mass is 10.1. The Hall–Kier alpha value is -4.71. The van der Waals surface area contributed by atoms with Crippen LogP contribution in [0.3, 0.4) is 0 Å². The van der Waals surface area contributed by atoms with Crippen LogP contribution in [-0.2, 0) is 6.54 Å². The molecular weight excluding hydrogens is 457 g/mol. The number of nitriles is 1. The fourth-order valence-corrected chi connectivity index (χ4v) is 4.41. The van der Waals surface area contributed by atoms with Crippen molar-refractivity contribution in [3.05, 3.63) is 77.9 Å². The SMILES string of the molecule is COc1ccc(F)c2c1cc(C#N)n2CCNc1cc(-c2ccc(-c3nc(C)[nH]c3C)cc2)ncn1.